The Hall–Kier alpha value is -1.55. The zero-order valence-electron chi connectivity index (χ0n) is 11.4. The molecule has 2 aliphatic heterocycles. The molecule has 2 aliphatic rings. The minimum absolute atomic E-state index is 0.167. The minimum Gasteiger partial charge on any atom is -0.324 e. The van der Waals surface area contributed by atoms with Crippen LogP contribution in [0.5, 0.6) is 0 Å². The highest BCUT2D eigenvalue weighted by molar-refractivity contribution is 5.93. The van der Waals surface area contributed by atoms with Crippen molar-refractivity contribution >= 4 is 11.7 Å². The summed E-state index contributed by atoms with van der Waals surface area (Å²) >= 11 is 0. The molecule has 1 N–H and O–H groups in total. The predicted octanol–water partition coefficient (Wildman–Crippen LogP) is 2.20. The maximum absolute atomic E-state index is 12.7. The van der Waals surface area contributed by atoms with Crippen LogP contribution in [0.25, 0.3) is 0 Å². The number of hydrogen-bond acceptors (Lipinski definition) is 2. The number of likely N-dealkylation sites (tertiary alicyclic amines) is 1. The number of anilines is 1. The molecule has 0 saturated carbocycles. The third-order valence-electron chi connectivity index (χ3n) is 3.99. The molecule has 19 heavy (non-hydrogen) atoms. The van der Waals surface area contributed by atoms with Gasteiger partial charge in [-0.05, 0) is 31.4 Å². The number of benzene rings is 1. The van der Waals surface area contributed by atoms with Crippen molar-refractivity contribution in [3.8, 4) is 0 Å². The first kappa shape index (κ1) is 12.5. The Bertz CT molecular complexity index is 468. The largest absolute Gasteiger partial charge is 0.324 e. The molecule has 2 amide bonds. The molecule has 0 aliphatic carbocycles. The van der Waals surface area contributed by atoms with Crippen LogP contribution in [-0.4, -0.2) is 36.6 Å². The van der Waals surface area contributed by atoms with Crippen LogP contribution in [0.3, 0.4) is 0 Å². The van der Waals surface area contributed by atoms with Gasteiger partial charge in [0, 0.05) is 37.9 Å². The van der Waals surface area contributed by atoms with Crippen LogP contribution >= 0.6 is 0 Å². The Morgan fingerprint density at radius 2 is 2.00 bits per heavy atom. The first-order valence-electron chi connectivity index (χ1n) is 7.13. The zero-order valence-corrected chi connectivity index (χ0v) is 11.4. The van der Waals surface area contributed by atoms with E-state index in [1.165, 1.54) is 5.56 Å². The Labute approximate surface area is 114 Å². The normalized spacial score (nSPS) is 23.1. The van der Waals surface area contributed by atoms with Gasteiger partial charge in [0.25, 0.3) is 0 Å². The first-order chi connectivity index (χ1) is 9.25. The molecule has 4 nitrogen and oxygen atoms in total. The molecule has 2 heterocycles. The smallest absolute Gasteiger partial charge is 0.324 e. The van der Waals surface area contributed by atoms with Gasteiger partial charge in [-0.1, -0.05) is 18.2 Å². The van der Waals surface area contributed by atoms with Crippen molar-refractivity contribution in [2.24, 2.45) is 0 Å². The van der Waals surface area contributed by atoms with Gasteiger partial charge >= 0.3 is 6.03 Å². The highest BCUT2D eigenvalue weighted by Crippen LogP contribution is 2.25. The Morgan fingerprint density at radius 3 is 2.79 bits per heavy atom. The molecule has 1 aromatic rings. The van der Waals surface area contributed by atoms with Crippen molar-refractivity contribution in [3.63, 3.8) is 0 Å². The van der Waals surface area contributed by atoms with Gasteiger partial charge in [-0.2, -0.15) is 0 Å². The van der Waals surface area contributed by atoms with E-state index in [1.807, 2.05) is 21.9 Å². The number of amides is 2. The summed E-state index contributed by atoms with van der Waals surface area (Å²) in [6.07, 6.45) is 2.27. The molecule has 102 valence electrons. The monoisotopic (exact) mass is 259 g/mol. The van der Waals surface area contributed by atoms with Crippen LogP contribution in [0.1, 0.15) is 25.3 Å². The van der Waals surface area contributed by atoms with Crippen LogP contribution in [-0.2, 0) is 6.54 Å². The topological polar surface area (TPSA) is 35.6 Å². The Morgan fingerprint density at radius 1 is 1.26 bits per heavy atom. The summed E-state index contributed by atoms with van der Waals surface area (Å²) in [4.78, 5) is 16.6. The lowest BCUT2D eigenvalue weighted by atomic mass is 10.1. The number of fused-ring (bicyclic) bond motifs is 1. The quantitative estimate of drug-likeness (QED) is 0.775. The van der Waals surface area contributed by atoms with Crippen LogP contribution in [0.4, 0.5) is 10.5 Å². The van der Waals surface area contributed by atoms with Crippen LogP contribution in [0.15, 0.2) is 24.3 Å². The molecule has 1 aromatic carbocycles. The Balaban J connectivity index is 1.91. The lowest BCUT2D eigenvalue weighted by Crippen LogP contribution is -2.46. The van der Waals surface area contributed by atoms with Crippen molar-refractivity contribution in [2.75, 3.05) is 24.5 Å². The maximum Gasteiger partial charge on any atom is 0.324 e. The predicted molar refractivity (Wildman–Crippen MR) is 76.3 cm³/mol. The molecule has 3 rings (SSSR count). The number of urea groups is 1. The van der Waals surface area contributed by atoms with Crippen molar-refractivity contribution in [2.45, 2.75) is 32.4 Å². The molecule has 1 unspecified atom stereocenters. The van der Waals surface area contributed by atoms with Gasteiger partial charge in [-0.25, -0.2) is 4.79 Å². The number of rotatable bonds is 0. The third-order valence-corrected chi connectivity index (χ3v) is 3.99. The number of carbonyl (C=O) groups excluding carboxylic acids is 1. The van der Waals surface area contributed by atoms with Crippen LogP contribution < -0.4 is 10.2 Å². The minimum atomic E-state index is 0.167. The lowest BCUT2D eigenvalue weighted by Gasteiger charge is -2.29. The molecule has 0 spiro atoms. The molecule has 1 saturated heterocycles. The summed E-state index contributed by atoms with van der Waals surface area (Å²) in [5.41, 5.74) is 2.27. The summed E-state index contributed by atoms with van der Waals surface area (Å²) in [5.74, 6) is 0. The van der Waals surface area contributed by atoms with E-state index < -0.39 is 0 Å². The standard InChI is InChI=1S/C15H21N3O/c1-12-11-18(15(19)17-8-4-5-9-17)14-7-3-2-6-13(14)10-16-12/h2-3,6-7,12,16H,4-5,8-11H2,1H3. The average molecular weight is 259 g/mol. The van der Waals surface area contributed by atoms with Crippen LogP contribution in [0.2, 0.25) is 0 Å². The van der Waals surface area contributed by atoms with E-state index in [4.69, 9.17) is 0 Å². The van der Waals surface area contributed by atoms with Crippen molar-refractivity contribution in [1.29, 1.82) is 0 Å². The SMILES string of the molecule is CC1CN(C(=O)N2CCCC2)c2ccccc2CN1. The molecule has 0 radical (unpaired) electrons. The van der Waals surface area contributed by atoms with E-state index in [-0.39, 0.29) is 6.03 Å². The van der Waals surface area contributed by atoms with E-state index in [0.29, 0.717) is 6.04 Å². The zero-order chi connectivity index (χ0) is 13.2. The number of carbonyl (C=O) groups is 1. The summed E-state index contributed by atoms with van der Waals surface area (Å²) < 4.78 is 0. The van der Waals surface area contributed by atoms with E-state index in [9.17, 15) is 4.79 Å². The second kappa shape index (κ2) is 5.21. The number of nitrogens with one attached hydrogen (secondary N) is 1. The van der Waals surface area contributed by atoms with Crippen molar-refractivity contribution in [1.82, 2.24) is 10.2 Å². The number of nitrogens with zero attached hydrogens (tertiary/aromatic N) is 2. The molecule has 1 fully saturated rings. The van der Waals surface area contributed by atoms with Gasteiger partial charge in [0.05, 0.1) is 0 Å². The van der Waals surface area contributed by atoms with Gasteiger partial charge in [-0.15, -0.1) is 0 Å². The van der Waals surface area contributed by atoms with Crippen molar-refractivity contribution < 1.29 is 4.79 Å². The highest BCUT2D eigenvalue weighted by atomic mass is 16.2. The summed E-state index contributed by atoms with van der Waals surface area (Å²) in [6.45, 7) is 5.52. The summed E-state index contributed by atoms with van der Waals surface area (Å²) in [5, 5.41) is 3.46. The fourth-order valence-electron chi connectivity index (χ4n) is 2.90. The molecule has 1 atom stereocenters. The lowest BCUT2D eigenvalue weighted by molar-refractivity contribution is 0.215. The molecule has 0 bridgehead atoms. The first-order valence-corrected chi connectivity index (χ1v) is 7.13. The average Bonchev–Trinajstić information content (AvgIpc) is 2.91. The Kier molecular flexibility index (Phi) is 3.42. The van der Waals surface area contributed by atoms with Gasteiger partial charge in [0.1, 0.15) is 0 Å². The fraction of sp³-hybridized carbons (Fsp3) is 0.533. The number of para-hydroxylation sites is 1. The van der Waals surface area contributed by atoms with Crippen molar-refractivity contribution in [3.05, 3.63) is 29.8 Å². The number of hydrogen-bond donors (Lipinski definition) is 1. The fourth-order valence-corrected chi connectivity index (χ4v) is 2.90. The second-order valence-electron chi connectivity index (χ2n) is 5.50. The molecular formula is C15H21N3O. The second-order valence-corrected chi connectivity index (χ2v) is 5.50. The van der Waals surface area contributed by atoms with E-state index in [1.54, 1.807) is 0 Å². The van der Waals surface area contributed by atoms with E-state index in [0.717, 1.165) is 44.7 Å². The maximum atomic E-state index is 12.7. The highest BCUT2D eigenvalue weighted by Gasteiger charge is 2.28. The van der Waals surface area contributed by atoms with Gasteiger partial charge in [0.15, 0.2) is 0 Å². The van der Waals surface area contributed by atoms with Gasteiger partial charge in [-0.3, -0.25) is 4.90 Å². The van der Waals surface area contributed by atoms with Gasteiger partial charge < -0.3 is 10.2 Å². The van der Waals surface area contributed by atoms with Gasteiger partial charge in [0.2, 0.25) is 0 Å². The van der Waals surface area contributed by atoms with E-state index in [2.05, 4.69) is 24.4 Å². The van der Waals surface area contributed by atoms with E-state index >= 15 is 0 Å². The molecule has 0 aromatic heterocycles. The summed E-state index contributed by atoms with van der Waals surface area (Å²) in [6, 6.07) is 8.70. The third kappa shape index (κ3) is 2.45. The van der Waals surface area contributed by atoms with Crippen LogP contribution in [0, 0.1) is 0 Å². The summed E-state index contributed by atoms with van der Waals surface area (Å²) in [7, 11) is 0. The molecular weight excluding hydrogens is 238 g/mol. The molecule has 4 heteroatoms.